The van der Waals surface area contributed by atoms with E-state index < -0.39 is 0 Å². The first-order chi connectivity index (χ1) is 10.3. The minimum absolute atomic E-state index is 0.322. The molecule has 0 spiro atoms. The largest absolute Gasteiger partial charge is 0.497 e. The first-order valence-electron chi connectivity index (χ1n) is 7.24. The Kier molecular flexibility index (Phi) is 6.57. The van der Waals surface area contributed by atoms with Crippen molar-refractivity contribution in [3.63, 3.8) is 0 Å². The van der Waals surface area contributed by atoms with Crippen LogP contribution in [0.4, 0.5) is 0 Å². The molecule has 1 heterocycles. The molecule has 4 heteroatoms. The average molecular weight is 302 g/mol. The van der Waals surface area contributed by atoms with Crippen LogP contribution in [0.5, 0.6) is 5.75 Å². The van der Waals surface area contributed by atoms with Crippen molar-refractivity contribution in [2.75, 3.05) is 19.4 Å². The summed E-state index contributed by atoms with van der Waals surface area (Å²) in [6.07, 6.45) is 2.96. The van der Waals surface area contributed by atoms with Crippen LogP contribution in [0.3, 0.4) is 0 Å². The Hall–Kier alpha value is -1.52. The minimum atomic E-state index is 0.322. The first kappa shape index (κ1) is 15.9. The molecule has 2 rings (SSSR count). The number of methoxy groups -OCH3 is 1. The smallest absolute Gasteiger partial charge is 0.118 e. The van der Waals surface area contributed by atoms with E-state index in [0.29, 0.717) is 6.04 Å². The minimum Gasteiger partial charge on any atom is -0.497 e. The lowest BCUT2D eigenvalue weighted by molar-refractivity contribution is 0.414. The van der Waals surface area contributed by atoms with Gasteiger partial charge in [0.25, 0.3) is 0 Å². The van der Waals surface area contributed by atoms with Gasteiger partial charge in [-0.2, -0.15) is 0 Å². The molecule has 0 bridgehead atoms. The fraction of sp³-hybridized carbons (Fsp3) is 0.353. The van der Waals surface area contributed by atoms with Crippen molar-refractivity contribution in [1.29, 1.82) is 0 Å². The molecule has 0 aliphatic carbocycles. The second-order valence-electron chi connectivity index (χ2n) is 4.76. The molecule has 1 unspecified atom stereocenters. The fourth-order valence-electron chi connectivity index (χ4n) is 2.03. The van der Waals surface area contributed by atoms with Crippen molar-refractivity contribution >= 4 is 11.8 Å². The zero-order valence-electron chi connectivity index (χ0n) is 12.6. The quantitative estimate of drug-likeness (QED) is 0.749. The summed E-state index contributed by atoms with van der Waals surface area (Å²) >= 11 is 1.78. The number of hydrogen-bond acceptors (Lipinski definition) is 4. The maximum Gasteiger partial charge on any atom is 0.118 e. The molecule has 0 aliphatic rings. The summed E-state index contributed by atoms with van der Waals surface area (Å²) in [6, 6.07) is 14.6. The summed E-state index contributed by atoms with van der Waals surface area (Å²) in [5, 5.41) is 4.67. The number of aromatic nitrogens is 1. The van der Waals surface area contributed by atoms with Crippen LogP contribution in [0.15, 0.2) is 53.7 Å². The van der Waals surface area contributed by atoms with Crippen molar-refractivity contribution in [3.8, 4) is 5.75 Å². The molecule has 3 nitrogen and oxygen atoms in total. The maximum atomic E-state index is 5.22. The number of pyridine rings is 1. The Morgan fingerprint density at radius 1 is 1.19 bits per heavy atom. The molecular formula is C17H22N2OS. The molecule has 21 heavy (non-hydrogen) atoms. The van der Waals surface area contributed by atoms with Crippen molar-refractivity contribution in [2.24, 2.45) is 0 Å². The van der Waals surface area contributed by atoms with Gasteiger partial charge in [-0.1, -0.05) is 25.1 Å². The van der Waals surface area contributed by atoms with Gasteiger partial charge in [-0.05, 0) is 42.8 Å². The molecule has 1 atom stereocenters. The number of benzene rings is 1. The maximum absolute atomic E-state index is 5.22. The fourth-order valence-corrected chi connectivity index (χ4v) is 2.99. The Morgan fingerprint density at radius 2 is 2.00 bits per heavy atom. The van der Waals surface area contributed by atoms with E-state index in [1.54, 1.807) is 18.9 Å². The molecule has 0 radical (unpaired) electrons. The van der Waals surface area contributed by atoms with E-state index in [2.05, 4.69) is 35.4 Å². The predicted octanol–water partition coefficient (Wildman–Crippen LogP) is 3.92. The Labute approximate surface area is 131 Å². The lowest BCUT2D eigenvalue weighted by atomic mass is 10.1. The van der Waals surface area contributed by atoms with Crippen LogP contribution in [0, 0.1) is 0 Å². The van der Waals surface area contributed by atoms with Gasteiger partial charge in [0, 0.05) is 18.0 Å². The zero-order chi connectivity index (χ0) is 14.9. The van der Waals surface area contributed by atoms with Crippen LogP contribution in [-0.4, -0.2) is 24.4 Å². The molecule has 112 valence electrons. The van der Waals surface area contributed by atoms with E-state index >= 15 is 0 Å². The molecule has 0 amide bonds. The van der Waals surface area contributed by atoms with E-state index in [1.807, 2.05) is 30.5 Å². The first-order valence-corrected chi connectivity index (χ1v) is 8.23. The average Bonchev–Trinajstić information content (AvgIpc) is 2.56. The number of rotatable bonds is 8. The highest BCUT2D eigenvalue weighted by Gasteiger charge is 2.11. The van der Waals surface area contributed by atoms with Gasteiger partial charge in [0.05, 0.1) is 12.1 Å². The molecule has 1 aromatic carbocycles. The van der Waals surface area contributed by atoms with Crippen LogP contribution in [-0.2, 0) is 0 Å². The molecule has 1 aromatic heterocycles. The third-order valence-electron chi connectivity index (χ3n) is 3.19. The van der Waals surface area contributed by atoms with Crippen molar-refractivity contribution < 1.29 is 4.74 Å². The van der Waals surface area contributed by atoms with E-state index in [0.717, 1.165) is 29.5 Å². The standard InChI is InChI=1S/C17H22N2OS/c1-3-11-18-16(13-21-17-6-4-5-12-19-17)14-7-9-15(20-2)10-8-14/h4-10,12,16,18H,3,11,13H2,1-2H3. The Bertz CT molecular complexity index is 516. The van der Waals surface area contributed by atoms with Gasteiger partial charge in [0.1, 0.15) is 5.75 Å². The number of hydrogen-bond donors (Lipinski definition) is 1. The third kappa shape index (κ3) is 5.06. The highest BCUT2D eigenvalue weighted by molar-refractivity contribution is 7.99. The van der Waals surface area contributed by atoms with E-state index in [-0.39, 0.29) is 0 Å². The van der Waals surface area contributed by atoms with Crippen molar-refractivity contribution in [2.45, 2.75) is 24.4 Å². The lowest BCUT2D eigenvalue weighted by Gasteiger charge is -2.18. The van der Waals surface area contributed by atoms with Crippen LogP contribution in [0.1, 0.15) is 24.9 Å². The summed E-state index contributed by atoms with van der Waals surface area (Å²) in [4.78, 5) is 4.37. The highest BCUT2D eigenvalue weighted by Crippen LogP contribution is 2.24. The SMILES string of the molecule is CCCNC(CSc1ccccn1)c1ccc(OC)cc1. The Balaban J connectivity index is 2.02. The van der Waals surface area contributed by atoms with Crippen molar-refractivity contribution in [1.82, 2.24) is 10.3 Å². The number of thioether (sulfide) groups is 1. The number of nitrogens with zero attached hydrogens (tertiary/aromatic N) is 1. The second kappa shape index (κ2) is 8.70. The van der Waals surface area contributed by atoms with Crippen LogP contribution in [0.2, 0.25) is 0 Å². The normalized spacial score (nSPS) is 12.1. The van der Waals surface area contributed by atoms with Gasteiger partial charge in [-0.25, -0.2) is 4.98 Å². The Morgan fingerprint density at radius 3 is 2.62 bits per heavy atom. The van der Waals surface area contributed by atoms with Gasteiger partial charge in [-0.3, -0.25) is 0 Å². The van der Waals surface area contributed by atoms with Gasteiger partial charge in [-0.15, -0.1) is 11.8 Å². The molecule has 0 fully saturated rings. The van der Waals surface area contributed by atoms with Gasteiger partial charge in [0.15, 0.2) is 0 Å². The lowest BCUT2D eigenvalue weighted by Crippen LogP contribution is -2.24. The monoisotopic (exact) mass is 302 g/mol. The van der Waals surface area contributed by atoms with Crippen molar-refractivity contribution in [3.05, 3.63) is 54.2 Å². The van der Waals surface area contributed by atoms with Gasteiger partial charge in [0.2, 0.25) is 0 Å². The summed E-state index contributed by atoms with van der Waals surface area (Å²) in [5.74, 6) is 1.86. The van der Waals surface area contributed by atoms with E-state index in [4.69, 9.17) is 4.74 Å². The summed E-state index contributed by atoms with van der Waals surface area (Å²) in [5.41, 5.74) is 1.28. The molecular weight excluding hydrogens is 280 g/mol. The molecule has 1 N–H and O–H groups in total. The third-order valence-corrected chi connectivity index (χ3v) is 4.23. The molecule has 0 saturated carbocycles. The molecule has 0 aliphatic heterocycles. The summed E-state index contributed by atoms with van der Waals surface area (Å²) in [6.45, 7) is 3.20. The van der Waals surface area contributed by atoms with Crippen LogP contribution < -0.4 is 10.1 Å². The van der Waals surface area contributed by atoms with Gasteiger partial charge >= 0.3 is 0 Å². The highest BCUT2D eigenvalue weighted by atomic mass is 32.2. The van der Waals surface area contributed by atoms with Gasteiger partial charge < -0.3 is 10.1 Å². The topological polar surface area (TPSA) is 34.2 Å². The summed E-state index contributed by atoms with van der Waals surface area (Å²) < 4.78 is 5.22. The van der Waals surface area contributed by atoms with E-state index in [9.17, 15) is 0 Å². The summed E-state index contributed by atoms with van der Waals surface area (Å²) in [7, 11) is 1.69. The molecule has 0 saturated heterocycles. The second-order valence-corrected chi connectivity index (χ2v) is 5.80. The van der Waals surface area contributed by atoms with E-state index in [1.165, 1.54) is 5.56 Å². The van der Waals surface area contributed by atoms with Crippen LogP contribution >= 0.6 is 11.8 Å². The predicted molar refractivity (Wildman–Crippen MR) is 89.0 cm³/mol. The van der Waals surface area contributed by atoms with Crippen LogP contribution in [0.25, 0.3) is 0 Å². The number of nitrogens with one attached hydrogen (secondary N) is 1. The molecule has 2 aromatic rings. The number of ether oxygens (including phenoxy) is 1. The zero-order valence-corrected chi connectivity index (χ0v) is 13.4.